The number of carboxylic acid groups (broad SMARTS) is 1. The normalized spacial score (nSPS) is 19.4. The minimum Gasteiger partial charge on any atom is -0.507 e. The van der Waals surface area contributed by atoms with Gasteiger partial charge in [0.2, 0.25) is 0 Å². The quantitative estimate of drug-likeness (QED) is 0.755. The third kappa shape index (κ3) is 4.23. The molecule has 0 heterocycles. The number of carbonyl (C=O) groups is 2. The van der Waals surface area contributed by atoms with E-state index in [9.17, 15) is 9.59 Å². The number of hydrogen-bond donors (Lipinski definition) is 3. The molecule has 0 amide bonds. The number of aromatic carboxylic acids is 1. The molecule has 0 saturated heterocycles. The third-order valence-corrected chi connectivity index (χ3v) is 4.91. The molecule has 1 saturated carbocycles. The Morgan fingerprint density at radius 3 is 2.31 bits per heavy atom. The number of carboxylic acids is 1. The van der Waals surface area contributed by atoms with Crippen LogP contribution in [0.15, 0.2) is 48.5 Å². The fourth-order valence-corrected chi connectivity index (χ4v) is 3.47. The number of benzene rings is 2. The molecule has 0 bridgehead atoms. The van der Waals surface area contributed by atoms with Gasteiger partial charge in [-0.1, -0.05) is 48.4 Å². The van der Waals surface area contributed by atoms with Crippen molar-refractivity contribution in [3.05, 3.63) is 64.7 Å². The van der Waals surface area contributed by atoms with Crippen LogP contribution in [0.25, 0.3) is 0 Å². The summed E-state index contributed by atoms with van der Waals surface area (Å²) in [4.78, 5) is 22.4. The lowest BCUT2D eigenvalue weighted by molar-refractivity contribution is -0.127. The minimum absolute atomic E-state index is 0.0671. The maximum atomic E-state index is 12.2. The van der Waals surface area contributed by atoms with Crippen LogP contribution in [0.5, 0.6) is 5.75 Å². The number of aromatic hydroxyl groups is 1. The van der Waals surface area contributed by atoms with E-state index in [0.717, 1.165) is 24.8 Å². The van der Waals surface area contributed by atoms with E-state index in [-0.39, 0.29) is 17.1 Å². The summed E-state index contributed by atoms with van der Waals surface area (Å²) in [5.41, 5.74) is 0.294. The third-order valence-electron chi connectivity index (χ3n) is 4.58. The summed E-state index contributed by atoms with van der Waals surface area (Å²) in [6.07, 6.45) is 3.54. The molecule has 138 valence electrons. The number of ketones is 1. The van der Waals surface area contributed by atoms with Crippen LogP contribution in [0.3, 0.4) is 0 Å². The summed E-state index contributed by atoms with van der Waals surface area (Å²) < 4.78 is 0. The molecule has 1 fully saturated rings. The molecule has 6 heteroatoms. The van der Waals surface area contributed by atoms with E-state index in [1.807, 2.05) is 31.3 Å². The van der Waals surface area contributed by atoms with Gasteiger partial charge in [-0.2, -0.15) is 0 Å². The van der Waals surface area contributed by atoms with Gasteiger partial charge in [0.1, 0.15) is 16.9 Å². The average Bonchev–Trinajstić information content (AvgIpc) is 2.64. The molecule has 26 heavy (non-hydrogen) atoms. The summed E-state index contributed by atoms with van der Waals surface area (Å²) in [5.74, 6) is -1.05. The van der Waals surface area contributed by atoms with E-state index in [0.29, 0.717) is 11.4 Å². The second kappa shape index (κ2) is 8.83. The molecule has 0 aromatic heterocycles. The van der Waals surface area contributed by atoms with Crippen molar-refractivity contribution in [3.63, 3.8) is 0 Å². The average molecular weight is 376 g/mol. The summed E-state index contributed by atoms with van der Waals surface area (Å²) in [6, 6.07) is 13.4. The number of halogens is 1. The number of nitrogens with one attached hydrogen (secondary N) is 1. The Morgan fingerprint density at radius 2 is 1.77 bits per heavy atom. The molecule has 0 aliphatic heterocycles. The maximum Gasteiger partial charge on any atom is 0.339 e. The molecule has 1 aliphatic carbocycles. The Kier molecular flexibility index (Phi) is 6.77. The van der Waals surface area contributed by atoms with Gasteiger partial charge in [-0.15, -0.1) is 0 Å². The lowest BCUT2D eigenvalue weighted by Gasteiger charge is -2.36. The van der Waals surface area contributed by atoms with Crippen molar-refractivity contribution >= 4 is 23.4 Å². The first-order chi connectivity index (χ1) is 12.4. The lowest BCUT2D eigenvalue weighted by atomic mass is 9.75. The zero-order chi connectivity index (χ0) is 19.2. The SMILES string of the molecule is CNC1(c2ccccc2Cl)CCCCC1=O.O=C(O)c1ccccc1O. The van der Waals surface area contributed by atoms with E-state index in [4.69, 9.17) is 21.8 Å². The molecule has 2 aromatic rings. The van der Waals surface area contributed by atoms with Crippen LogP contribution in [0.4, 0.5) is 0 Å². The highest BCUT2D eigenvalue weighted by Gasteiger charge is 2.41. The Hall–Kier alpha value is -2.37. The minimum atomic E-state index is -1.11. The molecule has 3 rings (SSSR count). The lowest BCUT2D eigenvalue weighted by Crippen LogP contribution is -2.49. The molecule has 2 aromatic carbocycles. The van der Waals surface area contributed by atoms with Crippen LogP contribution in [0, 0.1) is 0 Å². The highest BCUT2D eigenvalue weighted by molar-refractivity contribution is 6.31. The highest BCUT2D eigenvalue weighted by atomic mass is 35.5. The molecular weight excluding hydrogens is 354 g/mol. The first-order valence-electron chi connectivity index (χ1n) is 8.41. The van der Waals surface area contributed by atoms with Crippen molar-refractivity contribution in [1.82, 2.24) is 5.32 Å². The van der Waals surface area contributed by atoms with Gasteiger partial charge in [0.15, 0.2) is 5.78 Å². The van der Waals surface area contributed by atoms with Crippen LogP contribution in [0.2, 0.25) is 5.02 Å². The van der Waals surface area contributed by atoms with E-state index in [1.165, 1.54) is 12.1 Å². The van der Waals surface area contributed by atoms with Crippen molar-refractivity contribution in [1.29, 1.82) is 0 Å². The highest BCUT2D eigenvalue weighted by Crippen LogP contribution is 2.37. The monoisotopic (exact) mass is 375 g/mol. The molecule has 1 atom stereocenters. The van der Waals surface area contributed by atoms with Gasteiger partial charge < -0.3 is 15.5 Å². The van der Waals surface area contributed by atoms with Crippen LogP contribution in [0.1, 0.15) is 41.6 Å². The number of rotatable bonds is 3. The number of likely N-dealkylation sites (N-methyl/N-ethyl adjacent to an activating group) is 1. The summed E-state index contributed by atoms with van der Waals surface area (Å²) in [5, 5.41) is 21.2. The van der Waals surface area contributed by atoms with Crippen molar-refractivity contribution in [2.75, 3.05) is 7.05 Å². The molecule has 3 N–H and O–H groups in total. The first kappa shape index (κ1) is 19.9. The topological polar surface area (TPSA) is 86.6 Å². The summed E-state index contributed by atoms with van der Waals surface area (Å²) in [6.45, 7) is 0. The largest absolute Gasteiger partial charge is 0.507 e. The van der Waals surface area contributed by atoms with E-state index < -0.39 is 11.5 Å². The standard InChI is InChI=1S/C13H16ClNO.C7H6O3/c1-15-13(9-5-4-8-12(13)16)10-6-2-3-7-11(10)14;8-6-4-2-1-3-5(6)7(9)10/h2-3,6-7,15H,4-5,8-9H2,1H3;1-4,8H,(H,9,10). The number of para-hydroxylation sites is 1. The van der Waals surface area contributed by atoms with Gasteiger partial charge in [0.05, 0.1) is 0 Å². The van der Waals surface area contributed by atoms with E-state index in [2.05, 4.69) is 5.32 Å². The van der Waals surface area contributed by atoms with Crippen LogP contribution in [-0.2, 0) is 10.3 Å². The van der Waals surface area contributed by atoms with E-state index in [1.54, 1.807) is 12.1 Å². The van der Waals surface area contributed by atoms with Gasteiger partial charge in [-0.05, 0) is 43.7 Å². The Morgan fingerprint density at radius 1 is 1.12 bits per heavy atom. The number of hydrogen-bond acceptors (Lipinski definition) is 4. The first-order valence-corrected chi connectivity index (χ1v) is 8.78. The zero-order valence-corrected chi connectivity index (χ0v) is 15.3. The number of phenols is 1. The van der Waals surface area contributed by atoms with Crippen molar-refractivity contribution in [3.8, 4) is 5.75 Å². The van der Waals surface area contributed by atoms with Crippen LogP contribution < -0.4 is 5.32 Å². The molecule has 0 radical (unpaired) electrons. The molecule has 0 spiro atoms. The van der Waals surface area contributed by atoms with Gasteiger partial charge in [0, 0.05) is 11.4 Å². The fourth-order valence-electron chi connectivity index (χ4n) is 3.17. The second-order valence-corrected chi connectivity index (χ2v) is 6.49. The predicted octanol–water partition coefficient (Wildman–Crippen LogP) is 3.99. The second-order valence-electron chi connectivity index (χ2n) is 6.09. The Labute approximate surface area is 157 Å². The van der Waals surface area contributed by atoms with Gasteiger partial charge in [-0.25, -0.2) is 4.79 Å². The van der Waals surface area contributed by atoms with E-state index >= 15 is 0 Å². The van der Waals surface area contributed by atoms with Crippen LogP contribution in [-0.4, -0.2) is 29.0 Å². The zero-order valence-electron chi connectivity index (χ0n) is 14.5. The summed E-state index contributed by atoms with van der Waals surface area (Å²) >= 11 is 6.20. The molecule has 5 nitrogen and oxygen atoms in total. The fraction of sp³-hybridized carbons (Fsp3) is 0.300. The van der Waals surface area contributed by atoms with Crippen molar-refractivity contribution in [2.45, 2.75) is 31.2 Å². The smallest absolute Gasteiger partial charge is 0.339 e. The Bertz CT molecular complexity index is 793. The van der Waals surface area contributed by atoms with Gasteiger partial charge in [-0.3, -0.25) is 4.79 Å². The molecule has 1 aliphatic rings. The Balaban J connectivity index is 0.000000209. The van der Waals surface area contributed by atoms with Crippen molar-refractivity contribution < 1.29 is 19.8 Å². The number of carbonyl (C=O) groups excluding carboxylic acids is 1. The predicted molar refractivity (Wildman–Crippen MR) is 101 cm³/mol. The molecular formula is C20H22ClNO4. The van der Waals surface area contributed by atoms with Gasteiger partial charge >= 0.3 is 5.97 Å². The van der Waals surface area contributed by atoms with Gasteiger partial charge in [0.25, 0.3) is 0 Å². The molecule has 1 unspecified atom stereocenters. The maximum absolute atomic E-state index is 12.2. The summed E-state index contributed by atoms with van der Waals surface area (Å²) in [7, 11) is 1.84. The number of Topliss-reactive ketones (excluding diaryl/α,β-unsaturated/α-hetero) is 1. The van der Waals surface area contributed by atoms with Crippen LogP contribution >= 0.6 is 11.6 Å². The van der Waals surface area contributed by atoms with Crippen molar-refractivity contribution in [2.24, 2.45) is 0 Å².